The van der Waals surface area contributed by atoms with Crippen LogP contribution in [-0.2, 0) is 9.05 Å². The van der Waals surface area contributed by atoms with Crippen LogP contribution < -0.4 is 5.43 Å². The highest BCUT2D eigenvalue weighted by Gasteiger charge is 2.21. The van der Waals surface area contributed by atoms with Crippen molar-refractivity contribution >= 4 is 31.7 Å². The van der Waals surface area contributed by atoms with Crippen molar-refractivity contribution in [1.82, 2.24) is 9.84 Å². The van der Waals surface area contributed by atoms with Crippen molar-refractivity contribution in [3.05, 3.63) is 10.4 Å². The van der Waals surface area contributed by atoms with Crippen LogP contribution in [0.1, 0.15) is 0 Å². The fourth-order valence-corrected chi connectivity index (χ4v) is 2.20. The summed E-state index contributed by atoms with van der Waals surface area (Å²) in [6.45, 7) is 0. The predicted molar refractivity (Wildman–Crippen MR) is 41.3 cm³/mol. The lowest BCUT2D eigenvalue weighted by atomic mass is 11.0. The Hall–Kier alpha value is 0.0900. The van der Waals surface area contributed by atoms with Gasteiger partial charge in [0.1, 0.15) is 4.24 Å². The standard InChI is InChI=1S/C3H5ClN2O2S2/c1-6-5-2-3(9-6)10(4,7)8/h2,5H,1H3. The van der Waals surface area contributed by atoms with E-state index in [1.807, 2.05) is 0 Å². The Bertz CT molecular complexity index is 260. The van der Waals surface area contributed by atoms with Crippen molar-refractivity contribution in [2.75, 3.05) is 7.05 Å². The van der Waals surface area contributed by atoms with Crippen LogP contribution in [0.25, 0.3) is 0 Å². The highest BCUT2D eigenvalue weighted by molar-refractivity contribution is 8.28. The third-order valence-electron chi connectivity index (χ3n) is 0.831. The van der Waals surface area contributed by atoms with Crippen molar-refractivity contribution < 1.29 is 8.42 Å². The van der Waals surface area contributed by atoms with E-state index in [9.17, 15) is 8.42 Å². The van der Waals surface area contributed by atoms with Crippen molar-refractivity contribution in [3.8, 4) is 0 Å². The molecule has 4 nitrogen and oxygen atoms in total. The van der Waals surface area contributed by atoms with Crippen molar-refractivity contribution in [1.29, 1.82) is 0 Å². The number of hydrogen-bond acceptors (Lipinski definition) is 5. The van der Waals surface area contributed by atoms with Gasteiger partial charge in [-0.25, -0.2) is 8.42 Å². The maximum absolute atomic E-state index is 10.6. The molecule has 1 aliphatic rings. The summed E-state index contributed by atoms with van der Waals surface area (Å²) in [7, 11) is 3.17. The second-order valence-corrected chi connectivity index (χ2v) is 5.58. The molecule has 58 valence electrons. The Labute approximate surface area is 67.7 Å². The zero-order valence-electron chi connectivity index (χ0n) is 5.04. The Balaban J connectivity index is 2.80. The van der Waals surface area contributed by atoms with Crippen molar-refractivity contribution in [3.63, 3.8) is 0 Å². The topological polar surface area (TPSA) is 49.4 Å². The summed E-state index contributed by atoms with van der Waals surface area (Å²) >= 11 is 1.04. The van der Waals surface area contributed by atoms with Crippen LogP contribution >= 0.6 is 22.6 Å². The molecule has 0 radical (unpaired) electrons. The van der Waals surface area contributed by atoms with Gasteiger partial charge in [-0.2, -0.15) is 4.41 Å². The van der Waals surface area contributed by atoms with E-state index in [4.69, 9.17) is 10.7 Å². The van der Waals surface area contributed by atoms with E-state index in [2.05, 4.69) is 5.43 Å². The summed E-state index contributed by atoms with van der Waals surface area (Å²) in [5, 5.41) is 0. The maximum Gasteiger partial charge on any atom is 0.270 e. The first-order chi connectivity index (χ1) is 4.50. The molecule has 1 heterocycles. The SMILES string of the molecule is CN1NC=C(S(=O)(=O)Cl)S1. The van der Waals surface area contributed by atoms with Gasteiger partial charge in [-0.15, -0.1) is 0 Å². The molecule has 0 amide bonds. The number of halogens is 1. The average molecular weight is 201 g/mol. The highest BCUT2D eigenvalue weighted by atomic mass is 35.7. The molecule has 1 aliphatic heterocycles. The first-order valence-corrected chi connectivity index (χ1v) is 5.41. The molecule has 1 N–H and O–H groups in total. The Morgan fingerprint density at radius 3 is 2.60 bits per heavy atom. The van der Waals surface area contributed by atoms with Gasteiger partial charge in [0.15, 0.2) is 0 Å². The third kappa shape index (κ3) is 1.79. The van der Waals surface area contributed by atoms with E-state index in [-0.39, 0.29) is 4.24 Å². The molecule has 0 aromatic carbocycles. The van der Waals surface area contributed by atoms with Crippen molar-refractivity contribution in [2.24, 2.45) is 0 Å². The third-order valence-corrected chi connectivity index (χ3v) is 3.76. The van der Waals surface area contributed by atoms with Gasteiger partial charge < -0.3 is 5.43 Å². The molecular weight excluding hydrogens is 196 g/mol. The van der Waals surface area contributed by atoms with Crippen LogP contribution in [0.15, 0.2) is 10.4 Å². The normalized spacial score (nSPS) is 20.4. The molecular formula is C3H5ClN2O2S2. The lowest BCUT2D eigenvalue weighted by molar-refractivity contribution is 0.505. The average Bonchev–Trinajstić information content (AvgIpc) is 2.11. The molecule has 1 rings (SSSR count). The van der Waals surface area contributed by atoms with Crippen LogP contribution in [0, 0.1) is 0 Å². The highest BCUT2D eigenvalue weighted by Crippen LogP contribution is 2.29. The fraction of sp³-hybridized carbons (Fsp3) is 0.333. The molecule has 10 heavy (non-hydrogen) atoms. The Morgan fingerprint density at radius 2 is 2.40 bits per heavy atom. The summed E-state index contributed by atoms with van der Waals surface area (Å²) in [5.74, 6) is 0. The first kappa shape index (κ1) is 8.19. The molecule has 0 saturated carbocycles. The van der Waals surface area contributed by atoms with Crippen LogP contribution in [0.2, 0.25) is 0 Å². The molecule has 0 aromatic heterocycles. The van der Waals surface area contributed by atoms with Crippen LogP contribution in [0.3, 0.4) is 0 Å². The van der Waals surface area contributed by atoms with Gasteiger partial charge in [0.25, 0.3) is 9.05 Å². The summed E-state index contributed by atoms with van der Waals surface area (Å²) in [6, 6.07) is 0. The van der Waals surface area contributed by atoms with E-state index < -0.39 is 9.05 Å². The van der Waals surface area contributed by atoms with Gasteiger partial charge in [-0.05, 0) is 11.9 Å². The minimum atomic E-state index is -3.54. The predicted octanol–water partition coefficient (Wildman–Crippen LogP) is 0.452. The summed E-state index contributed by atoms with van der Waals surface area (Å²) in [4.78, 5) is 0. The summed E-state index contributed by atoms with van der Waals surface area (Å²) in [5.41, 5.74) is 2.65. The summed E-state index contributed by atoms with van der Waals surface area (Å²) < 4.78 is 22.8. The van der Waals surface area contributed by atoms with Gasteiger partial charge >= 0.3 is 0 Å². The van der Waals surface area contributed by atoms with Gasteiger partial charge in [0.05, 0.1) is 0 Å². The molecule has 0 unspecified atom stereocenters. The molecule has 0 atom stereocenters. The minimum absolute atomic E-state index is 0.122. The monoisotopic (exact) mass is 200 g/mol. The van der Waals surface area contributed by atoms with Gasteiger partial charge in [-0.1, -0.05) is 0 Å². The largest absolute Gasteiger partial charge is 0.315 e. The zero-order chi connectivity index (χ0) is 7.78. The molecule has 0 aliphatic carbocycles. The van der Waals surface area contributed by atoms with Gasteiger partial charge in [0, 0.05) is 23.9 Å². The molecule has 7 heteroatoms. The van der Waals surface area contributed by atoms with E-state index in [0.29, 0.717) is 0 Å². The second-order valence-electron chi connectivity index (χ2n) is 1.62. The maximum atomic E-state index is 10.6. The quantitative estimate of drug-likeness (QED) is 0.492. The fourth-order valence-electron chi connectivity index (χ4n) is 0.446. The molecule has 0 fully saturated rings. The van der Waals surface area contributed by atoms with Crippen LogP contribution in [-0.4, -0.2) is 19.9 Å². The van der Waals surface area contributed by atoms with Gasteiger partial charge in [0.2, 0.25) is 0 Å². The van der Waals surface area contributed by atoms with E-state index in [0.717, 1.165) is 11.9 Å². The Morgan fingerprint density at radius 1 is 1.80 bits per heavy atom. The zero-order valence-corrected chi connectivity index (χ0v) is 7.42. The lowest BCUT2D eigenvalue weighted by Gasteiger charge is -2.03. The Kier molecular flexibility index (Phi) is 2.14. The van der Waals surface area contributed by atoms with Gasteiger partial charge in [-0.3, -0.25) is 0 Å². The number of nitrogens with one attached hydrogen (secondary N) is 1. The number of rotatable bonds is 1. The van der Waals surface area contributed by atoms with Crippen LogP contribution in [0.5, 0.6) is 0 Å². The second kappa shape index (κ2) is 2.61. The number of nitrogens with zero attached hydrogens (tertiary/aromatic N) is 1. The molecule has 0 spiro atoms. The number of hydrogen-bond donors (Lipinski definition) is 1. The van der Waals surface area contributed by atoms with Crippen LogP contribution in [0.4, 0.5) is 0 Å². The summed E-state index contributed by atoms with van der Waals surface area (Å²) in [6.07, 6.45) is 1.34. The molecule has 0 aromatic rings. The number of hydrazine groups is 1. The van der Waals surface area contributed by atoms with E-state index in [1.54, 1.807) is 7.05 Å². The van der Waals surface area contributed by atoms with Crippen molar-refractivity contribution in [2.45, 2.75) is 0 Å². The minimum Gasteiger partial charge on any atom is -0.315 e. The lowest BCUT2D eigenvalue weighted by Crippen LogP contribution is -2.16. The van der Waals surface area contributed by atoms with E-state index in [1.165, 1.54) is 10.6 Å². The smallest absolute Gasteiger partial charge is 0.270 e. The van der Waals surface area contributed by atoms with E-state index >= 15 is 0 Å². The molecule has 0 bridgehead atoms. The first-order valence-electron chi connectivity index (χ1n) is 2.33. The molecule has 0 saturated heterocycles.